The van der Waals surface area contributed by atoms with Gasteiger partial charge >= 0.3 is 0 Å². The molecular formula is C17H15FN2O3. The molecule has 2 aromatic heterocycles. The zero-order valence-corrected chi connectivity index (χ0v) is 12.7. The summed E-state index contributed by atoms with van der Waals surface area (Å²) in [5.41, 5.74) is 1.60. The third kappa shape index (κ3) is 2.88. The lowest BCUT2D eigenvalue weighted by Crippen LogP contribution is -2.29. The Morgan fingerprint density at radius 3 is 2.78 bits per heavy atom. The standard InChI is InChI=1S/C17H15FN2O3/c1-9-3-5-12(17(22)20-9)16(21)19-8-15-10(2)13-7-11(18)4-6-14(13)23-15/h3-7H,8H2,1-2H3,(H,19,21)(H,20,22). The van der Waals surface area contributed by atoms with E-state index in [1.54, 1.807) is 26.0 Å². The zero-order chi connectivity index (χ0) is 16.6. The molecule has 6 heteroatoms. The van der Waals surface area contributed by atoms with E-state index in [2.05, 4.69) is 10.3 Å². The lowest BCUT2D eigenvalue weighted by atomic mass is 10.1. The van der Waals surface area contributed by atoms with Gasteiger partial charge in [-0.25, -0.2) is 4.39 Å². The lowest BCUT2D eigenvalue weighted by molar-refractivity contribution is 0.0946. The molecule has 0 atom stereocenters. The van der Waals surface area contributed by atoms with Gasteiger partial charge in [-0.2, -0.15) is 0 Å². The Bertz CT molecular complexity index is 956. The van der Waals surface area contributed by atoms with Gasteiger partial charge in [0.1, 0.15) is 22.7 Å². The maximum atomic E-state index is 13.3. The number of aromatic nitrogens is 1. The van der Waals surface area contributed by atoms with Crippen molar-refractivity contribution < 1.29 is 13.6 Å². The molecule has 1 amide bonds. The summed E-state index contributed by atoms with van der Waals surface area (Å²) in [4.78, 5) is 26.4. The number of hydrogen-bond donors (Lipinski definition) is 2. The maximum absolute atomic E-state index is 13.3. The van der Waals surface area contributed by atoms with E-state index in [-0.39, 0.29) is 17.9 Å². The first kappa shape index (κ1) is 15.0. The van der Waals surface area contributed by atoms with Crippen LogP contribution in [0.4, 0.5) is 4.39 Å². The Hall–Kier alpha value is -2.89. The molecule has 3 aromatic rings. The molecule has 0 aliphatic heterocycles. The number of carbonyl (C=O) groups is 1. The van der Waals surface area contributed by atoms with Crippen molar-refractivity contribution in [2.75, 3.05) is 0 Å². The van der Waals surface area contributed by atoms with Crippen LogP contribution in [0.2, 0.25) is 0 Å². The van der Waals surface area contributed by atoms with Gasteiger partial charge in [-0.3, -0.25) is 9.59 Å². The second-order valence-corrected chi connectivity index (χ2v) is 5.36. The first-order valence-electron chi connectivity index (χ1n) is 7.11. The van der Waals surface area contributed by atoms with Crippen molar-refractivity contribution >= 4 is 16.9 Å². The summed E-state index contributed by atoms with van der Waals surface area (Å²) in [6, 6.07) is 7.40. The minimum absolute atomic E-state index is 0.0374. The van der Waals surface area contributed by atoms with E-state index in [1.807, 2.05) is 0 Å². The maximum Gasteiger partial charge on any atom is 0.260 e. The molecule has 0 bridgehead atoms. The van der Waals surface area contributed by atoms with Gasteiger partial charge in [-0.15, -0.1) is 0 Å². The normalized spacial score (nSPS) is 10.9. The number of furan rings is 1. The van der Waals surface area contributed by atoms with E-state index in [0.717, 1.165) is 5.56 Å². The largest absolute Gasteiger partial charge is 0.459 e. The summed E-state index contributed by atoms with van der Waals surface area (Å²) < 4.78 is 18.9. The summed E-state index contributed by atoms with van der Waals surface area (Å²) in [7, 11) is 0. The van der Waals surface area contributed by atoms with Gasteiger partial charge in [0.15, 0.2) is 0 Å². The fourth-order valence-corrected chi connectivity index (χ4v) is 2.42. The number of halogens is 1. The fraction of sp³-hybridized carbons (Fsp3) is 0.176. The number of nitrogens with one attached hydrogen (secondary N) is 2. The third-order valence-corrected chi connectivity index (χ3v) is 3.71. The average molecular weight is 314 g/mol. The molecule has 0 unspecified atom stereocenters. The smallest absolute Gasteiger partial charge is 0.260 e. The van der Waals surface area contributed by atoms with Gasteiger partial charge in [0.05, 0.1) is 6.54 Å². The quantitative estimate of drug-likeness (QED) is 0.780. The number of aromatic amines is 1. The van der Waals surface area contributed by atoms with Crippen molar-refractivity contribution in [3.63, 3.8) is 0 Å². The molecule has 1 aromatic carbocycles. The molecule has 0 aliphatic carbocycles. The molecule has 0 spiro atoms. The Morgan fingerprint density at radius 1 is 1.26 bits per heavy atom. The second-order valence-electron chi connectivity index (χ2n) is 5.36. The number of fused-ring (bicyclic) bond motifs is 1. The van der Waals surface area contributed by atoms with E-state index in [1.165, 1.54) is 18.2 Å². The molecule has 0 radical (unpaired) electrons. The van der Waals surface area contributed by atoms with Gasteiger partial charge in [0.25, 0.3) is 11.5 Å². The summed E-state index contributed by atoms with van der Waals surface area (Å²) in [6.45, 7) is 3.65. The van der Waals surface area contributed by atoms with Gasteiger partial charge in [0.2, 0.25) is 0 Å². The highest BCUT2D eigenvalue weighted by Gasteiger charge is 2.14. The number of benzene rings is 1. The Kier molecular flexibility index (Phi) is 3.73. The molecule has 2 N–H and O–H groups in total. The second kappa shape index (κ2) is 5.72. The molecule has 0 aliphatic rings. The predicted octanol–water partition coefficient (Wildman–Crippen LogP) is 2.81. The van der Waals surface area contributed by atoms with E-state index in [4.69, 9.17) is 4.42 Å². The molecule has 118 valence electrons. The molecule has 2 heterocycles. The van der Waals surface area contributed by atoms with Gasteiger partial charge in [-0.05, 0) is 44.2 Å². The number of hydrogen-bond acceptors (Lipinski definition) is 3. The van der Waals surface area contributed by atoms with Crippen LogP contribution in [0, 0.1) is 19.7 Å². The van der Waals surface area contributed by atoms with Crippen LogP contribution >= 0.6 is 0 Å². The number of pyridine rings is 1. The van der Waals surface area contributed by atoms with Crippen molar-refractivity contribution in [1.29, 1.82) is 0 Å². The van der Waals surface area contributed by atoms with Crippen molar-refractivity contribution in [3.8, 4) is 0 Å². The van der Waals surface area contributed by atoms with Crippen LogP contribution < -0.4 is 10.9 Å². The summed E-state index contributed by atoms with van der Waals surface area (Å²) in [6.07, 6.45) is 0. The van der Waals surface area contributed by atoms with Crippen molar-refractivity contribution in [2.24, 2.45) is 0 Å². The van der Waals surface area contributed by atoms with E-state index >= 15 is 0 Å². The van der Waals surface area contributed by atoms with Crippen molar-refractivity contribution in [1.82, 2.24) is 10.3 Å². The highest BCUT2D eigenvalue weighted by molar-refractivity contribution is 5.93. The Balaban J connectivity index is 1.82. The molecule has 23 heavy (non-hydrogen) atoms. The number of H-pyrrole nitrogens is 1. The van der Waals surface area contributed by atoms with Gasteiger partial charge in [-0.1, -0.05) is 0 Å². The molecule has 3 rings (SSSR count). The Labute approximate surface area is 131 Å². The van der Waals surface area contributed by atoms with Crippen LogP contribution in [0.5, 0.6) is 0 Å². The minimum atomic E-state index is -0.489. The minimum Gasteiger partial charge on any atom is -0.459 e. The first-order chi connectivity index (χ1) is 11.0. The number of aryl methyl sites for hydroxylation is 2. The third-order valence-electron chi connectivity index (χ3n) is 3.71. The van der Waals surface area contributed by atoms with E-state index in [9.17, 15) is 14.0 Å². The molecular weight excluding hydrogens is 299 g/mol. The molecule has 5 nitrogen and oxygen atoms in total. The van der Waals surface area contributed by atoms with Crippen LogP contribution in [0.15, 0.2) is 39.5 Å². The van der Waals surface area contributed by atoms with Crippen LogP contribution in [0.25, 0.3) is 11.0 Å². The van der Waals surface area contributed by atoms with Crippen molar-refractivity contribution in [2.45, 2.75) is 20.4 Å². The summed E-state index contributed by atoms with van der Waals surface area (Å²) >= 11 is 0. The summed E-state index contributed by atoms with van der Waals surface area (Å²) in [5.74, 6) is -0.303. The van der Waals surface area contributed by atoms with Crippen molar-refractivity contribution in [3.05, 3.63) is 69.1 Å². The average Bonchev–Trinajstić information content (AvgIpc) is 2.81. The number of rotatable bonds is 3. The highest BCUT2D eigenvalue weighted by Crippen LogP contribution is 2.25. The Morgan fingerprint density at radius 2 is 2.04 bits per heavy atom. The van der Waals surface area contributed by atoms with Gasteiger partial charge in [0, 0.05) is 16.6 Å². The molecule has 0 saturated carbocycles. The van der Waals surface area contributed by atoms with E-state index < -0.39 is 11.5 Å². The topological polar surface area (TPSA) is 75.1 Å². The predicted molar refractivity (Wildman–Crippen MR) is 83.9 cm³/mol. The zero-order valence-electron chi connectivity index (χ0n) is 12.7. The summed E-state index contributed by atoms with van der Waals surface area (Å²) in [5, 5.41) is 3.31. The fourth-order valence-electron chi connectivity index (χ4n) is 2.42. The first-order valence-corrected chi connectivity index (χ1v) is 7.11. The number of carbonyl (C=O) groups excluding carboxylic acids is 1. The van der Waals surface area contributed by atoms with Crippen LogP contribution in [0.1, 0.15) is 27.4 Å². The highest BCUT2D eigenvalue weighted by atomic mass is 19.1. The van der Waals surface area contributed by atoms with Gasteiger partial charge < -0.3 is 14.7 Å². The monoisotopic (exact) mass is 314 g/mol. The van der Waals surface area contributed by atoms with Crippen LogP contribution in [-0.2, 0) is 6.54 Å². The van der Waals surface area contributed by atoms with Crippen LogP contribution in [0.3, 0.4) is 0 Å². The van der Waals surface area contributed by atoms with E-state index in [0.29, 0.717) is 22.4 Å². The number of amides is 1. The van der Waals surface area contributed by atoms with Crippen LogP contribution in [-0.4, -0.2) is 10.9 Å². The SMILES string of the molecule is Cc1ccc(C(=O)NCc2oc3ccc(F)cc3c2C)c(=O)[nH]1. The molecule has 0 saturated heterocycles. The lowest BCUT2D eigenvalue weighted by Gasteiger charge is -2.04. The molecule has 0 fully saturated rings.